The van der Waals surface area contributed by atoms with Crippen LogP contribution in [0, 0.1) is 4.91 Å². The van der Waals surface area contributed by atoms with Crippen LogP contribution in [0.2, 0.25) is 0 Å². The summed E-state index contributed by atoms with van der Waals surface area (Å²) in [6.07, 6.45) is 0. The third-order valence-corrected chi connectivity index (χ3v) is 3.24. The van der Waals surface area contributed by atoms with Crippen LogP contribution >= 0.6 is 0 Å². The van der Waals surface area contributed by atoms with Gasteiger partial charge in [-0.25, -0.2) is 0 Å². The van der Waals surface area contributed by atoms with Crippen molar-refractivity contribution in [2.24, 2.45) is 5.18 Å². The summed E-state index contributed by atoms with van der Waals surface area (Å²) in [4.78, 5) is 12.7. The second-order valence-electron chi connectivity index (χ2n) is 4.61. The molecule has 0 unspecified atom stereocenters. The first-order valence-corrected chi connectivity index (χ1v) is 6.72. The minimum Gasteiger partial charge on any atom is -0.311 e. The number of nitroso groups, excluding NO2 is 1. The van der Waals surface area contributed by atoms with E-state index < -0.39 is 0 Å². The smallest absolute Gasteiger partial charge is 0.108 e. The fourth-order valence-electron chi connectivity index (χ4n) is 2.26. The molecular formula is C18H14N2O. The Morgan fingerprint density at radius 1 is 0.571 bits per heavy atom. The molecule has 3 aromatic rings. The third kappa shape index (κ3) is 2.82. The second-order valence-corrected chi connectivity index (χ2v) is 4.61. The molecule has 0 aromatic heterocycles. The number of para-hydroxylation sites is 2. The van der Waals surface area contributed by atoms with E-state index in [0.717, 1.165) is 17.1 Å². The minimum atomic E-state index is 0.430. The summed E-state index contributed by atoms with van der Waals surface area (Å²) in [7, 11) is 0. The molecule has 3 heteroatoms. The highest BCUT2D eigenvalue weighted by molar-refractivity contribution is 5.76. The van der Waals surface area contributed by atoms with Crippen molar-refractivity contribution in [3.8, 4) is 0 Å². The fourth-order valence-corrected chi connectivity index (χ4v) is 2.26. The Balaban J connectivity index is 2.09. The quantitative estimate of drug-likeness (QED) is 0.584. The topological polar surface area (TPSA) is 32.7 Å². The van der Waals surface area contributed by atoms with Gasteiger partial charge in [-0.05, 0) is 53.7 Å². The maximum atomic E-state index is 10.6. The summed E-state index contributed by atoms with van der Waals surface area (Å²) in [5.41, 5.74) is 3.55. The molecule has 0 aliphatic carbocycles. The van der Waals surface area contributed by atoms with Crippen LogP contribution < -0.4 is 4.90 Å². The van der Waals surface area contributed by atoms with E-state index in [-0.39, 0.29) is 0 Å². The van der Waals surface area contributed by atoms with E-state index in [9.17, 15) is 4.91 Å². The van der Waals surface area contributed by atoms with Crippen LogP contribution in [0.4, 0.5) is 22.7 Å². The van der Waals surface area contributed by atoms with Crippen molar-refractivity contribution < 1.29 is 0 Å². The highest BCUT2D eigenvalue weighted by Gasteiger charge is 2.11. The molecule has 0 bridgehead atoms. The number of hydrogen-bond acceptors (Lipinski definition) is 3. The molecule has 3 rings (SSSR count). The van der Waals surface area contributed by atoms with Gasteiger partial charge in [0.25, 0.3) is 0 Å². The maximum Gasteiger partial charge on any atom is 0.108 e. The molecule has 0 atom stereocenters. The molecule has 0 heterocycles. The first-order chi connectivity index (χ1) is 10.4. The molecule has 3 aromatic carbocycles. The van der Waals surface area contributed by atoms with Crippen molar-refractivity contribution in [1.82, 2.24) is 0 Å². The zero-order valence-electron chi connectivity index (χ0n) is 11.4. The lowest BCUT2D eigenvalue weighted by Gasteiger charge is -2.25. The van der Waals surface area contributed by atoms with Gasteiger partial charge in [0, 0.05) is 17.1 Å². The van der Waals surface area contributed by atoms with Gasteiger partial charge >= 0.3 is 0 Å². The number of nitrogens with zero attached hydrogens (tertiary/aromatic N) is 2. The molecule has 0 spiro atoms. The summed E-state index contributed by atoms with van der Waals surface area (Å²) < 4.78 is 0. The van der Waals surface area contributed by atoms with E-state index >= 15 is 0 Å². The molecule has 0 saturated carbocycles. The van der Waals surface area contributed by atoms with Crippen molar-refractivity contribution >= 4 is 22.7 Å². The van der Waals surface area contributed by atoms with Crippen LogP contribution in [0.25, 0.3) is 0 Å². The lowest BCUT2D eigenvalue weighted by Crippen LogP contribution is -2.09. The summed E-state index contributed by atoms with van der Waals surface area (Å²) in [5, 5.41) is 2.95. The molecule has 0 N–H and O–H groups in total. The number of benzene rings is 3. The molecule has 0 saturated heterocycles. The summed E-state index contributed by atoms with van der Waals surface area (Å²) in [5.74, 6) is 0. The van der Waals surface area contributed by atoms with Gasteiger partial charge in [0.15, 0.2) is 0 Å². The van der Waals surface area contributed by atoms with E-state index in [4.69, 9.17) is 0 Å². The molecule has 0 aliphatic heterocycles. The van der Waals surface area contributed by atoms with E-state index in [0.29, 0.717) is 5.69 Å². The van der Waals surface area contributed by atoms with E-state index in [1.54, 1.807) is 12.1 Å². The van der Waals surface area contributed by atoms with Crippen molar-refractivity contribution in [2.45, 2.75) is 0 Å². The summed E-state index contributed by atoms with van der Waals surface area (Å²) >= 11 is 0. The lowest BCUT2D eigenvalue weighted by atomic mass is 10.2. The van der Waals surface area contributed by atoms with Crippen molar-refractivity contribution in [3.05, 3.63) is 89.8 Å². The molecule has 0 fully saturated rings. The predicted molar refractivity (Wildman–Crippen MR) is 86.6 cm³/mol. The molecular weight excluding hydrogens is 260 g/mol. The van der Waals surface area contributed by atoms with Gasteiger partial charge in [0.1, 0.15) is 5.69 Å². The SMILES string of the molecule is O=Nc1ccc(N(c2ccccc2)c2ccccc2)cc1. The largest absolute Gasteiger partial charge is 0.311 e. The van der Waals surface area contributed by atoms with Gasteiger partial charge in [0.2, 0.25) is 0 Å². The maximum absolute atomic E-state index is 10.6. The normalized spacial score (nSPS) is 10.1. The van der Waals surface area contributed by atoms with Crippen LogP contribution in [0.5, 0.6) is 0 Å². The highest BCUT2D eigenvalue weighted by atomic mass is 16.3. The average molecular weight is 274 g/mol. The zero-order valence-corrected chi connectivity index (χ0v) is 11.4. The lowest BCUT2D eigenvalue weighted by molar-refractivity contribution is 1.28. The zero-order chi connectivity index (χ0) is 14.5. The highest BCUT2D eigenvalue weighted by Crippen LogP contribution is 2.34. The standard InChI is InChI=1S/C18H14N2O/c21-19-15-11-13-18(14-12-15)20(16-7-3-1-4-8-16)17-9-5-2-6-10-17/h1-14H. The fraction of sp³-hybridized carbons (Fsp3) is 0. The van der Waals surface area contributed by atoms with Crippen LogP contribution in [-0.2, 0) is 0 Å². The van der Waals surface area contributed by atoms with Crippen LogP contribution in [0.1, 0.15) is 0 Å². The minimum absolute atomic E-state index is 0.430. The van der Waals surface area contributed by atoms with Gasteiger partial charge in [-0.1, -0.05) is 36.4 Å². The first kappa shape index (κ1) is 13.1. The molecule has 0 radical (unpaired) electrons. The Kier molecular flexibility index (Phi) is 3.74. The van der Waals surface area contributed by atoms with Crippen LogP contribution in [-0.4, -0.2) is 0 Å². The van der Waals surface area contributed by atoms with E-state index in [1.807, 2.05) is 48.5 Å². The summed E-state index contributed by atoms with van der Waals surface area (Å²) in [6.45, 7) is 0. The van der Waals surface area contributed by atoms with Gasteiger partial charge in [-0.3, -0.25) is 0 Å². The van der Waals surface area contributed by atoms with Gasteiger partial charge in [-0.2, -0.15) is 0 Å². The van der Waals surface area contributed by atoms with Crippen molar-refractivity contribution in [2.75, 3.05) is 4.90 Å². The monoisotopic (exact) mass is 274 g/mol. The number of anilines is 3. The predicted octanol–water partition coefficient (Wildman–Crippen LogP) is 5.55. The Morgan fingerprint density at radius 2 is 1.00 bits per heavy atom. The van der Waals surface area contributed by atoms with Crippen molar-refractivity contribution in [1.29, 1.82) is 0 Å². The van der Waals surface area contributed by atoms with Gasteiger partial charge < -0.3 is 4.90 Å². The Labute approximate surface area is 123 Å². The molecule has 102 valence electrons. The Bertz CT molecular complexity index is 670. The molecule has 21 heavy (non-hydrogen) atoms. The van der Waals surface area contributed by atoms with Crippen molar-refractivity contribution in [3.63, 3.8) is 0 Å². The first-order valence-electron chi connectivity index (χ1n) is 6.72. The average Bonchev–Trinajstić information content (AvgIpc) is 2.58. The Hall–Kier alpha value is -2.94. The van der Waals surface area contributed by atoms with E-state index in [1.165, 1.54) is 0 Å². The summed E-state index contributed by atoms with van der Waals surface area (Å²) in [6, 6.07) is 27.5. The second kappa shape index (κ2) is 6.01. The van der Waals surface area contributed by atoms with Gasteiger partial charge in [-0.15, -0.1) is 4.91 Å². The van der Waals surface area contributed by atoms with Crippen LogP contribution in [0.3, 0.4) is 0 Å². The molecule has 0 amide bonds. The van der Waals surface area contributed by atoms with E-state index in [2.05, 4.69) is 34.3 Å². The number of rotatable bonds is 4. The molecule has 0 aliphatic rings. The van der Waals surface area contributed by atoms with Crippen LogP contribution in [0.15, 0.2) is 90.1 Å². The molecule has 3 nitrogen and oxygen atoms in total. The third-order valence-electron chi connectivity index (χ3n) is 3.24. The van der Waals surface area contributed by atoms with Gasteiger partial charge in [0.05, 0.1) is 0 Å². The number of hydrogen-bond donors (Lipinski definition) is 0. The Morgan fingerprint density at radius 3 is 1.43 bits per heavy atom.